The number of hydroxylamine groups is 1. The van der Waals surface area contributed by atoms with Gasteiger partial charge in [0.05, 0.1) is 6.04 Å². The molecule has 0 aromatic rings. The average Bonchev–Trinajstić information content (AvgIpc) is 2.35. The SMILES string of the molecule is CCCCSCC(CC)NOC(=O)CSC(C)=O. The molecule has 0 heterocycles. The molecule has 0 aliphatic rings. The van der Waals surface area contributed by atoms with Gasteiger partial charge in [0.15, 0.2) is 5.12 Å². The van der Waals surface area contributed by atoms with Crippen LogP contribution >= 0.6 is 23.5 Å². The van der Waals surface area contributed by atoms with Gasteiger partial charge in [-0.1, -0.05) is 32.0 Å². The summed E-state index contributed by atoms with van der Waals surface area (Å²) < 4.78 is 0. The van der Waals surface area contributed by atoms with E-state index in [9.17, 15) is 9.59 Å². The maximum absolute atomic E-state index is 11.3. The molecule has 0 saturated heterocycles. The van der Waals surface area contributed by atoms with Crippen molar-refractivity contribution in [2.75, 3.05) is 17.3 Å². The van der Waals surface area contributed by atoms with E-state index in [4.69, 9.17) is 4.84 Å². The molecule has 0 aliphatic heterocycles. The van der Waals surface area contributed by atoms with Crippen molar-refractivity contribution < 1.29 is 14.4 Å². The third kappa shape index (κ3) is 10.9. The molecule has 1 N–H and O–H groups in total. The highest BCUT2D eigenvalue weighted by Crippen LogP contribution is 2.08. The molecule has 6 heteroatoms. The Hall–Kier alpha value is -0.200. The van der Waals surface area contributed by atoms with Crippen molar-refractivity contribution in [1.29, 1.82) is 0 Å². The van der Waals surface area contributed by atoms with Gasteiger partial charge in [0, 0.05) is 12.7 Å². The van der Waals surface area contributed by atoms with E-state index < -0.39 is 5.97 Å². The number of carbonyl (C=O) groups is 2. The molecule has 0 aromatic carbocycles. The number of thioether (sulfide) groups is 2. The first-order valence-corrected chi connectivity index (χ1v) is 8.40. The van der Waals surface area contributed by atoms with Crippen LogP contribution in [0.3, 0.4) is 0 Å². The zero-order valence-electron chi connectivity index (χ0n) is 11.4. The summed E-state index contributed by atoms with van der Waals surface area (Å²) >= 11 is 2.83. The molecular formula is C12H23NO3S2. The summed E-state index contributed by atoms with van der Waals surface area (Å²) in [5, 5.41) is -0.0749. The number of nitrogens with one attached hydrogen (secondary N) is 1. The Morgan fingerprint density at radius 3 is 2.61 bits per heavy atom. The summed E-state index contributed by atoms with van der Waals surface area (Å²) in [7, 11) is 0. The Bertz CT molecular complexity index is 249. The van der Waals surface area contributed by atoms with E-state index in [-0.39, 0.29) is 16.9 Å². The second-order valence-electron chi connectivity index (χ2n) is 3.91. The molecule has 4 nitrogen and oxygen atoms in total. The highest BCUT2D eigenvalue weighted by Gasteiger charge is 2.10. The van der Waals surface area contributed by atoms with Crippen molar-refractivity contribution in [3.8, 4) is 0 Å². The maximum atomic E-state index is 11.3. The van der Waals surface area contributed by atoms with Gasteiger partial charge in [0.25, 0.3) is 0 Å². The lowest BCUT2D eigenvalue weighted by molar-refractivity contribution is -0.149. The van der Waals surface area contributed by atoms with Crippen LogP contribution in [0.15, 0.2) is 0 Å². The Morgan fingerprint density at radius 2 is 2.06 bits per heavy atom. The normalized spacial score (nSPS) is 12.2. The lowest BCUT2D eigenvalue weighted by Crippen LogP contribution is -2.33. The predicted octanol–water partition coefficient (Wildman–Crippen LogP) is 2.63. The van der Waals surface area contributed by atoms with E-state index >= 15 is 0 Å². The summed E-state index contributed by atoms with van der Waals surface area (Å²) in [5.41, 5.74) is 2.77. The summed E-state index contributed by atoms with van der Waals surface area (Å²) in [6.45, 7) is 5.66. The van der Waals surface area contributed by atoms with E-state index in [1.54, 1.807) is 0 Å². The summed E-state index contributed by atoms with van der Waals surface area (Å²) in [4.78, 5) is 26.9. The van der Waals surface area contributed by atoms with E-state index in [2.05, 4.69) is 19.3 Å². The second-order valence-corrected chi connectivity index (χ2v) is 6.21. The van der Waals surface area contributed by atoms with Gasteiger partial charge in [-0.05, 0) is 18.6 Å². The van der Waals surface area contributed by atoms with Gasteiger partial charge >= 0.3 is 5.97 Å². The smallest absolute Gasteiger partial charge is 0.335 e. The van der Waals surface area contributed by atoms with Crippen LogP contribution in [0.1, 0.15) is 40.0 Å². The molecule has 1 unspecified atom stereocenters. The Balaban J connectivity index is 3.65. The molecule has 0 radical (unpaired) electrons. The monoisotopic (exact) mass is 293 g/mol. The van der Waals surface area contributed by atoms with E-state index in [1.165, 1.54) is 19.8 Å². The molecule has 0 spiro atoms. The zero-order chi connectivity index (χ0) is 13.8. The van der Waals surface area contributed by atoms with Gasteiger partial charge in [-0.15, -0.1) is 5.48 Å². The van der Waals surface area contributed by atoms with E-state index in [0.29, 0.717) is 0 Å². The van der Waals surface area contributed by atoms with Gasteiger partial charge in [-0.25, -0.2) is 4.79 Å². The molecule has 0 aromatic heterocycles. The molecular weight excluding hydrogens is 270 g/mol. The summed E-state index contributed by atoms with van der Waals surface area (Å²) in [6, 6.07) is 0.179. The van der Waals surface area contributed by atoms with Gasteiger partial charge in [0.2, 0.25) is 0 Å². The first-order valence-electron chi connectivity index (χ1n) is 6.26. The molecule has 0 fully saturated rings. The van der Waals surface area contributed by atoms with Crippen LogP contribution in [0.2, 0.25) is 0 Å². The fraction of sp³-hybridized carbons (Fsp3) is 0.833. The molecule has 1 atom stereocenters. The molecule has 0 amide bonds. The Kier molecular flexibility index (Phi) is 11.7. The van der Waals surface area contributed by atoms with Gasteiger partial charge in [-0.2, -0.15) is 11.8 Å². The van der Waals surface area contributed by atoms with E-state index in [0.717, 1.165) is 29.7 Å². The minimum absolute atomic E-state index is 0.0712. The highest BCUT2D eigenvalue weighted by molar-refractivity contribution is 8.14. The van der Waals surface area contributed by atoms with E-state index in [1.807, 2.05) is 11.8 Å². The van der Waals surface area contributed by atoms with Crippen LogP contribution in [-0.2, 0) is 14.4 Å². The largest absolute Gasteiger partial charge is 0.369 e. The second kappa shape index (κ2) is 11.9. The molecule has 18 heavy (non-hydrogen) atoms. The summed E-state index contributed by atoms with van der Waals surface area (Å²) in [5.74, 6) is 1.75. The van der Waals surface area contributed by atoms with Crippen LogP contribution in [-0.4, -0.2) is 34.4 Å². The number of carbonyl (C=O) groups excluding carboxylic acids is 2. The van der Waals surface area contributed by atoms with Crippen LogP contribution in [0.5, 0.6) is 0 Å². The first-order chi connectivity index (χ1) is 8.60. The van der Waals surface area contributed by atoms with Gasteiger partial charge < -0.3 is 4.84 Å². The van der Waals surface area contributed by atoms with Crippen LogP contribution in [0, 0.1) is 0 Å². The van der Waals surface area contributed by atoms with Crippen LogP contribution in [0.4, 0.5) is 0 Å². The predicted molar refractivity (Wildman–Crippen MR) is 78.7 cm³/mol. The Labute approximate surface area is 118 Å². The topological polar surface area (TPSA) is 55.4 Å². The van der Waals surface area contributed by atoms with Crippen molar-refractivity contribution >= 4 is 34.6 Å². The lowest BCUT2D eigenvalue weighted by atomic mass is 10.3. The quantitative estimate of drug-likeness (QED) is 0.493. The van der Waals surface area contributed by atoms with Crippen molar-refractivity contribution in [3.63, 3.8) is 0 Å². The number of unbranched alkanes of at least 4 members (excludes halogenated alkanes) is 1. The van der Waals surface area contributed by atoms with Crippen LogP contribution < -0.4 is 5.48 Å². The molecule has 0 saturated carbocycles. The van der Waals surface area contributed by atoms with Gasteiger partial charge in [0.1, 0.15) is 5.75 Å². The molecule has 0 aliphatic carbocycles. The first kappa shape index (κ1) is 17.8. The number of hydrogen-bond acceptors (Lipinski definition) is 6. The van der Waals surface area contributed by atoms with Crippen molar-refractivity contribution in [3.05, 3.63) is 0 Å². The highest BCUT2D eigenvalue weighted by atomic mass is 32.2. The van der Waals surface area contributed by atoms with Crippen molar-refractivity contribution in [1.82, 2.24) is 5.48 Å². The minimum atomic E-state index is -0.396. The zero-order valence-corrected chi connectivity index (χ0v) is 13.0. The Morgan fingerprint density at radius 1 is 1.33 bits per heavy atom. The number of rotatable bonds is 10. The van der Waals surface area contributed by atoms with Crippen LogP contribution in [0.25, 0.3) is 0 Å². The fourth-order valence-electron chi connectivity index (χ4n) is 1.05. The number of hydrogen-bond donors (Lipinski definition) is 1. The standard InChI is InChI=1S/C12H23NO3S2/c1-4-6-7-17-8-11(5-2)13-16-12(15)9-18-10(3)14/h11,13H,4-9H2,1-3H3. The third-order valence-electron chi connectivity index (χ3n) is 2.19. The summed E-state index contributed by atoms with van der Waals surface area (Å²) in [6.07, 6.45) is 3.33. The molecule has 0 rings (SSSR count). The van der Waals surface area contributed by atoms with Crippen molar-refractivity contribution in [2.45, 2.75) is 46.1 Å². The van der Waals surface area contributed by atoms with Crippen molar-refractivity contribution in [2.24, 2.45) is 0 Å². The average molecular weight is 293 g/mol. The molecule has 106 valence electrons. The maximum Gasteiger partial charge on any atom is 0.335 e. The fourth-order valence-corrected chi connectivity index (χ4v) is 2.67. The third-order valence-corrected chi connectivity index (χ3v) is 4.19. The minimum Gasteiger partial charge on any atom is -0.369 e. The van der Waals surface area contributed by atoms with Gasteiger partial charge in [-0.3, -0.25) is 4.79 Å². The molecule has 0 bridgehead atoms. The lowest BCUT2D eigenvalue weighted by Gasteiger charge is -2.15.